The molecule has 1 heterocycles. The smallest absolute Gasteiger partial charge is 0.333 e. The van der Waals surface area contributed by atoms with E-state index >= 15 is 0 Å². The molecule has 1 aliphatic heterocycles. The summed E-state index contributed by atoms with van der Waals surface area (Å²) >= 11 is 0. The highest BCUT2D eigenvalue weighted by molar-refractivity contribution is 6.20. The van der Waals surface area contributed by atoms with E-state index in [1.807, 2.05) is 18.2 Å². The van der Waals surface area contributed by atoms with Gasteiger partial charge in [-0.2, -0.15) is 0 Å². The molecule has 0 radical (unpaired) electrons. The summed E-state index contributed by atoms with van der Waals surface area (Å²) in [6, 6.07) is 12.1. The third-order valence-electron chi connectivity index (χ3n) is 4.49. The highest BCUT2D eigenvalue weighted by Crippen LogP contribution is 2.28. The number of hydrogen-bond donors (Lipinski definition) is 0. The van der Waals surface area contributed by atoms with Gasteiger partial charge in [0.2, 0.25) is 0 Å². The van der Waals surface area contributed by atoms with Crippen LogP contribution in [0.2, 0.25) is 0 Å². The number of fused-ring (bicyclic) bond motifs is 1. The summed E-state index contributed by atoms with van der Waals surface area (Å²) in [6.45, 7) is 0. The lowest BCUT2D eigenvalue weighted by atomic mass is 10.1. The first kappa shape index (κ1) is 19.4. The molecule has 0 saturated heterocycles. The number of amides is 2. The van der Waals surface area contributed by atoms with E-state index in [4.69, 9.17) is 14.3 Å². The fraction of sp³-hybridized carbons (Fsp3) is 0.286. The minimum Gasteiger partial charge on any atom is -0.493 e. The monoisotopic (exact) mass is 383 g/mol. The van der Waals surface area contributed by atoms with Crippen molar-refractivity contribution in [2.45, 2.75) is 25.7 Å². The number of rotatable bonds is 8. The van der Waals surface area contributed by atoms with Gasteiger partial charge in [0.1, 0.15) is 0 Å². The van der Waals surface area contributed by atoms with E-state index in [0.29, 0.717) is 23.0 Å². The number of hydrogen-bond acceptors (Lipinski definition) is 6. The minimum absolute atomic E-state index is 0.112. The maximum absolute atomic E-state index is 12.2. The van der Waals surface area contributed by atoms with Crippen molar-refractivity contribution in [3.05, 3.63) is 59.2 Å². The molecule has 0 atom stereocenters. The summed E-state index contributed by atoms with van der Waals surface area (Å²) in [7, 11) is 3.16. The third kappa shape index (κ3) is 3.98. The van der Waals surface area contributed by atoms with E-state index in [2.05, 4.69) is 0 Å². The number of hydroxylamine groups is 2. The summed E-state index contributed by atoms with van der Waals surface area (Å²) in [5, 5.41) is 0.543. The van der Waals surface area contributed by atoms with Gasteiger partial charge >= 0.3 is 5.97 Å². The standard InChI is InChI=1S/C21H21NO6/c1-26-17-12-11-14(13-18(17)27-2)7-3-6-10-19(23)28-22-20(24)15-8-4-5-9-16(15)21(22)25/h4-5,8-9,11-13H,3,6-7,10H2,1-2H3. The lowest BCUT2D eigenvalue weighted by Crippen LogP contribution is -2.32. The number of carbonyl (C=O) groups is 3. The van der Waals surface area contributed by atoms with E-state index < -0.39 is 17.8 Å². The van der Waals surface area contributed by atoms with Crippen molar-refractivity contribution < 1.29 is 28.7 Å². The molecule has 0 fully saturated rings. The zero-order valence-corrected chi connectivity index (χ0v) is 15.8. The van der Waals surface area contributed by atoms with Crippen LogP contribution in [0.1, 0.15) is 45.5 Å². The van der Waals surface area contributed by atoms with E-state index in [1.54, 1.807) is 26.4 Å². The Labute approximate surface area is 162 Å². The van der Waals surface area contributed by atoms with Gasteiger partial charge < -0.3 is 14.3 Å². The predicted molar refractivity (Wildman–Crippen MR) is 100 cm³/mol. The summed E-state index contributed by atoms with van der Waals surface area (Å²) < 4.78 is 10.5. The van der Waals surface area contributed by atoms with E-state index in [1.165, 1.54) is 12.1 Å². The number of benzene rings is 2. The summed E-state index contributed by atoms with van der Waals surface area (Å²) in [4.78, 5) is 41.4. The fourth-order valence-electron chi connectivity index (χ4n) is 3.03. The van der Waals surface area contributed by atoms with Gasteiger partial charge in [-0.15, -0.1) is 0 Å². The molecule has 3 rings (SSSR count). The van der Waals surface area contributed by atoms with Gasteiger partial charge in [0, 0.05) is 6.42 Å². The maximum atomic E-state index is 12.2. The van der Waals surface area contributed by atoms with Gasteiger partial charge in [-0.1, -0.05) is 23.3 Å². The number of carbonyl (C=O) groups excluding carboxylic acids is 3. The van der Waals surface area contributed by atoms with Crippen molar-refractivity contribution in [2.75, 3.05) is 14.2 Å². The first-order valence-corrected chi connectivity index (χ1v) is 8.94. The van der Waals surface area contributed by atoms with Gasteiger partial charge in [0.15, 0.2) is 11.5 Å². The minimum atomic E-state index is -0.612. The average Bonchev–Trinajstić information content (AvgIpc) is 2.96. The second kappa shape index (κ2) is 8.56. The molecule has 0 aromatic heterocycles. The Hall–Kier alpha value is -3.35. The number of aryl methyl sites for hydroxylation is 1. The molecule has 0 saturated carbocycles. The lowest BCUT2D eigenvalue weighted by molar-refractivity contribution is -0.168. The molecular formula is C21H21NO6. The van der Waals surface area contributed by atoms with Crippen LogP contribution in [-0.4, -0.2) is 37.1 Å². The molecule has 7 heteroatoms. The summed E-state index contributed by atoms with van der Waals surface area (Å²) in [6.07, 6.45) is 2.17. The Kier molecular flexibility index (Phi) is 5.93. The molecule has 7 nitrogen and oxygen atoms in total. The number of imide groups is 1. The molecule has 0 N–H and O–H groups in total. The van der Waals surface area contributed by atoms with Gasteiger partial charge in [-0.3, -0.25) is 9.59 Å². The molecule has 0 bridgehead atoms. The van der Waals surface area contributed by atoms with Crippen molar-refractivity contribution >= 4 is 17.8 Å². The maximum Gasteiger partial charge on any atom is 0.333 e. The number of nitrogens with zero attached hydrogens (tertiary/aromatic N) is 1. The van der Waals surface area contributed by atoms with Crippen molar-refractivity contribution in [3.63, 3.8) is 0 Å². The zero-order chi connectivity index (χ0) is 20.1. The fourth-order valence-corrected chi connectivity index (χ4v) is 3.03. The van der Waals surface area contributed by atoms with Crippen LogP contribution in [0.5, 0.6) is 11.5 Å². The highest BCUT2D eigenvalue weighted by Gasteiger charge is 2.38. The quantitative estimate of drug-likeness (QED) is 0.514. The Morgan fingerprint density at radius 2 is 1.54 bits per heavy atom. The Morgan fingerprint density at radius 3 is 2.14 bits per heavy atom. The SMILES string of the molecule is COc1ccc(CCCCC(=O)ON2C(=O)c3ccccc3C2=O)cc1OC. The lowest BCUT2D eigenvalue weighted by Gasteiger charge is -2.12. The first-order chi connectivity index (χ1) is 13.5. The number of unbranched alkanes of at least 4 members (excludes halogenated alkanes) is 1. The van der Waals surface area contributed by atoms with Crippen LogP contribution < -0.4 is 9.47 Å². The van der Waals surface area contributed by atoms with Crippen molar-refractivity contribution in [2.24, 2.45) is 0 Å². The molecule has 0 spiro atoms. The van der Waals surface area contributed by atoms with Crippen LogP contribution in [0, 0.1) is 0 Å². The molecule has 28 heavy (non-hydrogen) atoms. The molecule has 0 unspecified atom stereocenters. The van der Waals surface area contributed by atoms with Crippen molar-refractivity contribution in [1.82, 2.24) is 5.06 Å². The summed E-state index contributed by atoms with van der Waals surface area (Å²) in [5.74, 6) is -0.513. The Morgan fingerprint density at radius 1 is 0.893 bits per heavy atom. The molecular weight excluding hydrogens is 362 g/mol. The molecule has 1 aliphatic rings. The van der Waals surface area contributed by atoms with Crippen LogP contribution >= 0.6 is 0 Å². The Bertz CT molecular complexity index is 873. The van der Waals surface area contributed by atoms with Gasteiger partial charge in [-0.25, -0.2) is 4.79 Å². The molecule has 2 amide bonds. The van der Waals surface area contributed by atoms with Crippen LogP contribution in [0.15, 0.2) is 42.5 Å². The topological polar surface area (TPSA) is 82.1 Å². The van der Waals surface area contributed by atoms with Crippen LogP contribution in [0.25, 0.3) is 0 Å². The van der Waals surface area contributed by atoms with Gasteiger partial charge in [0.25, 0.3) is 11.8 Å². The van der Waals surface area contributed by atoms with E-state index in [-0.39, 0.29) is 17.5 Å². The predicted octanol–water partition coefficient (Wildman–Crippen LogP) is 3.17. The first-order valence-electron chi connectivity index (χ1n) is 8.94. The largest absolute Gasteiger partial charge is 0.493 e. The normalized spacial score (nSPS) is 12.7. The number of methoxy groups -OCH3 is 2. The Balaban J connectivity index is 1.47. The van der Waals surface area contributed by atoms with E-state index in [9.17, 15) is 14.4 Å². The third-order valence-corrected chi connectivity index (χ3v) is 4.49. The number of ether oxygens (including phenoxy) is 2. The van der Waals surface area contributed by atoms with Crippen LogP contribution in [-0.2, 0) is 16.1 Å². The second-order valence-corrected chi connectivity index (χ2v) is 6.31. The molecule has 0 aliphatic carbocycles. The zero-order valence-electron chi connectivity index (χ0n) is 15.8. The van der Waals surface area contributed by atoms with Gasteiger partial charge in [-0.05, 0) is 49.1 Å². The van der Waals surface area contributed by atoms with Crippen LogP contribution in [0.4, 0.5) is 0 Å². The second-order valence-electron chi connectivity index (χ2n) is 6.31. The van der Waals surface area contributed by atoms with Crippen molar-refractivity contribution in [1.29, 1.82) is 0 Å². The molecule has 2 aromatic rings. The highest BCUT2D eigenvalue weighted by atomic mass is 16.7. The molecule has 2 aromatic carbocycles. The van der Waals surface area contributed by atoms with Gasteiger partial charge in [0.05, 0.1) is 25.3 Å². The molecule has 146 valence electrons. The average molecular weight is 383 g/mol. The van der Waals surface area contributed by atoms with E-state index in [0.717, 1.165) is 18.4 Å². The van der Waals surface area contributed by atoms with Crippen LogP contribution in [0.3, 0.4) is 0 Å². The summed E-state index contributed by atoms with van der Waals surface area (Å²) in [5.41, 5.74) is 1.55. The van der Waals surface area contributed by atoms with Crippen molar-refractivity contribution in [3.8, 4) is 11.5 Å².